The Kier molecular flexibility index (Phi) is 10.1. The molecule has 0 saturated carbocycles. The normalized spacial score (nSPS) is 11.0. The standard InChI is InChI=1S/C18H31ClN2O2/c1-5-11-23-18-16(19)12-15(13-17(18)22-8-4)14-20-9-10-21(6-2)7-3/h12-13,20H,5-11,14H2,1-4H3. The highest BCUT2D eigenvalue weighted by atomic mass is 35.5. The van der Waals surface area contributed by atoms with Crippen LogP contribution in [0, 0.1) is 0 Å². The Morgan fingerprint density at radius 3 is 2.43 bits per heavy atom. The van der Waals surface area contributed by atoms with Gasteiger partial charge in [-0.05, 0) is 44.1 Å². The zero-order valence-corrected chi connectivity index (χ0v) is 15.7. The maximum Gasteiger partial charge on any atom is 0.179 e. The van der Waals surface area contributed by atoms with E-state index in [9.17, 15) is 0 Å². The monoisotopic (exact) mass is 342 g/mol. The van der Waals surface area contributed by atoms with Crippen molar-refractivity contribution in [3.8, 4) is 11.5 Å². The number of likely N-dealkylation sites (N-methyl/N-ethyl adjacent to an activating group) is 1. The molecule has 1 aromatic carbocycles. The first-order valence-electron chi connectivity index (χ1n) is 8.67. The molecule has 0 atom stereocenters. The first-order valence-corrected chi connectivity index (χ1v) is 9.05. The van der Waals surface area contributed by atoms with Crippen LogP contribution in [-0.2, 0) is 6.54 Å². The molecule has 0 bridgehead atoms. The lowest BCUT2D eigenvalue weighted by Gasteiger charge is -2.18. The van der Waals surface area contributed by atoms with Crippen molar-refractivity contribution in [3.63, 3.8) is 0 Å². The zero-order valence-electron chi connectivity index (χ0n) is 15.0. The van der Waals surface area contributed by atoms with Gasteiger partial charge in [0.15, 0.2) is 11.5 Å². The molecule has 1 rings (SSSR count). The highest BCUT2D eigenvalue weighted by Crippen LogP contribution is 2.36. The van der Waals surface area contributed by atoms with E-state index >= 15 is 0 Å². The van der Waals surface area contributed by atoms with Gasteiger partial charge < -0.3 is 19.7 Å². The molecular weight excluding hydrogens is 312 g/mol. The zero-order chi connectivity index (χ0) is 17.1. The molecule has 0 heterocycles. The van der Waals surface area contributed by atoms with Gasteiger partial charge in [-0.25, -0.2) is 0 Å². The third-order valence-electron chi connectivity index (χ3n) is 3.65. The van der Waals surface area contributed by atoms with Crippen LogP contribution < -0.4 is 14.8 Å². The van der Waals surface area contributed by atoms with Gasteiger partial charge in [0.2, 0.25) is 0 Å². The summed E-state index contributed by atoms with van der Waals surface area (Å²) in [6, 6.07) is 3.98. The molecule has 1 aromatic rings. The van der Waals surface area contributed by atoms with Crippen LogP contribution in [-0.4, -0.2) is 44.3 Å². The second-order valence-electron chi connectivity index (χ2n) is 5.39. The number of benzene rings is 1. The van der Waals surface area contributed by atoms with Gasteiger partial charge in [0, 0.05) is 19.6 Å². The summed E-state index contributed by atoms with van der Waals surface area (Å²) >= 11 is 6.37. The minimum atomic E-state index is 0.595. The number of ether oxygens (including phenoxy) is 2. The molecule has 0 aliphatic rings. The molecule has 0 amide bonds. The molecule has 132 valence electrons. The summed E-state index contributed by atoms with van der Waals surface area (Å²) in [6.45, 7) is 14.6. The average molecular weight is 343 g/mol. The Balaban J connectivity index is 2.65. The molecule has 0 fully saturated rings. The van der Waals surface area contributed by atoms with Gasteiger partial charge in [-0.1, -0.05) is 32.4 Å². The van der Waals surface area contributed by atoms with Crippen LogP contribution >= 0.6 is 11.6 Å². The van der Waals surface area contributed by atoms with Crippen molar-refractivity contribution in [2.45, 2.75) is 40.7 Å². The number of nitrogens with zero attached hydrogens (tertiary/aromatic N) is 1. The molecule has 23 heavy (non-hydrogen) atoms. The Hall–Kier alpha value is -0.970. The molecular formula is C18H31ClN2O2. The summed E-state index contributed by atoms with van der Waals surface area (Å²) in [6.07, 6.45) is 0.941. The van der Waals surface area contributed by atoms with Gasteiger partial charge in [-0.3, -0.25) is 0 Å². The molecule has 0 radical (unpaired) electrons. The van der Waals surface area contributed by atoms with Crippen LogP contribution in [0.2, 0.25) is 5.02 Å². The van der Waals surface area contributed by atoms with Crippen LogP contribution in [0.1, 0.15) is 39.7 Å². The van der Waals surface area contributed by atoms with Gasteiger partial charge in [0.25, 0.3) is 0 Å². The van der Waals surface area contributed by atoms with E-state index in [4.69, 9.17) is 21.1 Å². The molecule has 0 saturated heterocycles. The van der Waals surface area contributed by atoms with Crippen molar-refractivity contribution in [2.24, 2.45) is 0 Å². The predicted octanol–water partition coefficient (Wildman–Crippen LogP) is 3.96. The minimum Gasteiger partial charge on any atom is -0.490 e. The van der Waals surface area contributed by atoms with Gasteiger partial charge in [-0.15, -0.1) is 0 Å². The van der Waals surface area contributed by atoms with E-state index < -0.39 is 0 Å². The Labute approximate surface area is 146 Å². The topological polar surface area (TPSA) is 33.7 Å². The Morgan fingerprint density at radius 1 is 1.09 bits per heavy atom. The van der Waals surface area contributed by atoms with E-state index in [2.05, 4.69) is 31.0 Å². The summed E-state index contributed by atoms with van der Waals surface area (Å²) < 4.78 is 11.4. The van der Waals surface area contributed by atoms with Crippen molar-refractivity contribution in [2.75, 3.05) is 39.4 Å². The number of nitrogens with one attached hydrogen (secondary N) is 1. The summed E-state index contributed by atoms with van der Waals surface area (Å²) in [4.78, 5) is 2.40. The van der Waals surface area contributed by atoms with Crippen LogP contribution in [0.4, 0.5) is 0 Å². The highest BCUT2D eigenvalue weighted by Gasteiger charge is 2.12. The SMILES string of the molecule is CCCOc1c(Cl)cc(CNCCN(CC)CC)cc1OCC. The predicted molar refractivity (Wildman–Crippen MR) is 97.9 cm³/mol. The molecule has 0 aliphatic heterocycles. The third kappa shape index (κ3) is 6.98. The largest absolute Gasteiger partial charge is 0.490 e. The molecule has 0 aliphatic carbocycles. The lowest BCUT2D eigenvalue weighted by Crippen LogP contribution is -2.31. The maximum atomic E-state index is 6.37. The van der Waals surface area contributed by atoms with Crippen molar-refractivity contribution < 1.29 is 9.47 Å². The van der Waals surface area contributed by atoms with Crippen LogP contribution in [0.3, 0.4) is 0 Å². The van der Waals surface area contributed by atoms with Gasteiger partial charge in [0.05, 0.1) is 18.2 Å². The second kappa shape index (κ2) is 11.5. The summed E-state index contributed by atoms with van der Waals surface area (Å²) in [5, 5.41) is 4.08. The first-order chi connectivity index (χ1) is 11.2. The van der Waals surface area contributed by atoms with Crippen molar-refractivity contribution in [3.05, 3.63) is 22.7 Å². The molecule has 4 nitrogen and oxygen atoms in total. The van der Waals surface area contributed by atoms with Gasteiger partial charge >= 0.3 is 0 Å². The smallest absolute Gasteiger partial charge is 0.179 e. The summed E-state index contributed by atoms with van der Waals surface area (Å²) in [5.41, 5.74) is 1.11. The fourth-order valence-corrected chi connectivity index (χ4v) is 2.63. The Morgan fingerprint density at radius 2 is 1.83 bits per heavy atom. The minimum absolute atomic E-state index is 0.595. The number of rotatable bonds is 12. The fraction of sp³-hybridized carbons (Fsp3) is 0.667. The molecule has 0 unspecified atom stereocenters. The third-order valence-corrected chi connectivity index (χ3v) is 3.93. The quantitative estimate of drug-likeness (QED) is 0.583. The number of halogens is 1. The summed E-state index contributed by atoms with van der Waals surface area (Å²) in [7, 11) is 0. The van der Waals surface area contributed by atoms with Gasteiger partial charge in [0.1, 0.15) is 0 Å². The van der Waals surface area contributed by atoms with Crippen molar-refractivity contribution in [1.82, 2.24) is 10.2 Å². The van der Waals surface area contributed by atoms with Gasteiger partial charge in [-0.2, -0.15) is 0 Å². The lowest BCUT2D eigenvalue weighted by molar-refractivity contribution is 0.276. The Bertz CT molecular complexity index is 451. The van der Waals surface area contributed by atoms with E-state index in [1.54, 1.807) is 0 Å². The van der Waals surface area contributed by atoms with E-state index in [0.717, 1.165) is 50.5 Å². The van der Waals surface area contributed by atoms with Crippen molar-refractivity contribution in [1.29, 1.82) is 0 Å². The number of hydrogen-bond acceptors (Lipinski definition) is 4. The maximum absolute atomic E-state index is 6.37. The summed E-state index contributed by atoms with van der Waals surface area (Å²) in [5.74, 6) is 1.39. The first kappa shape index (κ1) is 20.1. The van der Waals surface area contributed by atoms with Crippen molar-refractivity contribution >= 4 is 11.6 Å². The lowest BCUT2D eigenvalue weighted by atomic mass is 10.2. The molecule has 5 heteroatoms. The fourth-order valence-electron chi connectivity index (χ4n) is 2.34. The van der Waals surface area contributed by atoms with E-state index in [0.29, 0.717) is 24.0 Å². The van der Waals surface area contributed by atoms with E-state index in [-0.39, 0.29) is 0 Å². The second-order valence-corrected chi connectivity index (χ2v) is 5.80. The highest BCUT2D eigenvalue weighted by molar-refractivity contribution is 6.32. The van der Waals surface area contributed by atoms with E-state index in [1.165, 1.54) is 0 Å². The molecule has 1 N–H and O–H groups in total. The molecule has 0 spiro atoms. The average Bonchev–Trinajstić information content (AvgIpc) is 2.54. The van der Waals surface area contributed by atoms with Crippen LogP contribution in [0.25, 0.3) is 0 Å². The molecule has 0 aromatic heterocycles. The van der Waals surface area contributed by atoms with Crippen LogP contribution in [0.15, 0.2) is 12.1 Å². The van der Waals surface area contributed by atoms with Crippen LogP contribution in [0.5, 0.6) is 11.5 Å². The number of hydrogen-bond donors (Lipinski definition) is 1. The van der Waals surface area contributed by atoms with E-state index in [1.807, 2.05) is 19.1 Å².